The van der Waals surface area contributed by atoms with Gasteiger partial charge in [-0.2, -0.15) is 0 Å². The molecule has 0 radical (unpaired) electrons. The molecule has 3 nitrogen and oxygen atoms in total. The smallest absolute Gasteiger partial charge is 0.180 e. The Hall–Kier alpha value is -0.610. The molecule has 0 aliphatic heterocycles. The molecule has 2 N–H and O–H groups in total. The summed E-state index contributed by atoms with van der Waals surface area (Å²) in [6, 6.07) is 0.584. The van der Waals surface area contributed by atoms with Crippen LogP contribution in [-0.2, 0) is 6.54 Å². The lowest BCUT2D eigenvalue weighted by Crippen LogP contribution is -2.31. The van der Waals surface area contributed by atoms with E-state index in [9.17, 15) is 0 Å². The molecule has 1 heterocycles. The summed E-state index contributed by atoms with van der Waals surface area (Å²) in [6.45, 7) is 8.88. The predicted octanol–water partition coefficient (Wildman–Crippen LogP) is 3.13. The van der Waals surface area contributed by atoms with Crippen LogP contribution in [0.1, 0.15) is 44.9 Å². The molecule has 0 fully saturated rings. The van der Waals surface area contributed by atoms with Crippen molar-refractivity contribution in [3.8, 4) is 0 Å². The van der Waals surface area contributed by atoms with Crippen LogP contribution in [0.25, 0.3) is 0 Å². The molecule has 0 amide bonds. The van der Waals surface area contributed by atoms with Crippen LogP contribution in [0.5, 0.6) is 0 Å². The number of anilines is 1. The van der Waals surface area contributed by atoms with Crippen molar-refractivity contribution in [2.75, 3.05) is 12.3 Å². The summed E-state index contributed by atoms with van der Waals surface area (Å²) in [5.41, 5.74) is 5.64. The van der Waals surface area contributed by atoms with Gasteiger partial charge in [0.05, 0.1) is 0 Å². The van der Waals surface area contributed by atoms with Gasteiger partial charge in [-0.05, 0) is 26.8 Å². The van der Waals surface area contributed by atoms with Crippen LogP contribution in [0, 0.1) is 0 Å². The molecule has 0 saturated carbocycles. The third kappa shape index (κ3) is 4.49. The Bertz CT molecular complexity index is 296. The van der Waals surface area contributed by atoms with E-state index in [0.29, 0.717) is 11.2 Å². The van der Waals surface area contributed by atoms with Gasteiger partial charge in [-0.25, -0.2) is 4.98 Å². The highest BCUT2D eigenvalue weighted by Gasteiger charge is 2.11. The fourth-order valence-electron chi connectivity index (χ4n) is 1.68. The minimum absolute atomic E-state index is 0.584. The highest BCUT2D eigenvalue weighted by Crippen LogP contribution is 2.18. The van der Waals surface area contributed by atoms with Crippen LogP contribution >= 0.6 is 11.3 Å². The number of hydrogen-bond acceptors (Lipinski definition) is 4. The third-order valence-electron chi connectivity index (χ3n) is 2.71. The maximum absolute atomic E-state index is 5.64. The minimum atomic E-state index is 0.584. The van der Waals surface area contributed by atoms with E-state index < -0.39 is 0 Å². The number of rotatable bonds is 7. The Balaban J connectivity index is 2.44. The second-order valence-electron chi connectivity index (χ2n) is 4.44. The summed E-state index contributed by atoms with van der Waals surface area (Å²) >= 11 is 1.60. The fourth-order valence-corrected chi connectivity index (χ4v) is 2.39. The average Bonchev–Trinajstić information content (AvgIpc) is 2.63. The number of unbranched alkanes of at least 4 members (excludes halogenated alkanes) is 2. The lowest BCUT2D eigenvalue weighted by atomic mass is 10.2. The molecular formula is C12H23N3S. The Labute approximate surface area is 103 Å². The van der Waals surface area contributed by atoms with Crippen LogP contribution in [-0.4, -0.2) is 22.5 Å². The summed E-state index contributed by atoms with van der Waals surface area (Å²) < 4.78 is 0. The topological polar surface area (TPSA) is 42.2 Å². The maximum atomic E-state index is 5.64. The largest absolute Gasteiger partial charge is 0.375 e. The molecule has 0 spiro atoms. The molecule has 0 bridgehead atoms. The van der Waals surface area contributed by atoms with Crippen LogP contribution in [0.2, 0.25) is 0 Å². The predicted molar refractivity (Wildman–Crippen MR) is 71.6 cm³/mol. The summed E-state index contributed by atoms with van der Waals surface area (Å²) in [4.78, 5) is 7.85. The van der Waals surface area contributed by atoms with Gasteiger partial charge in [-0.15, -0.1) is 11.3 Å². The highest BCUT2D eigenvalue weighted by molar-refractivity contribution is 7.15. The molecule has 1 aromatic rings. The van der Waals surface area contributed by atoms with Gasteiger partial charge in [-0.3, -0.25) is 4.90 Å². The Morgan fingerprint density at radius 1 is 1.44 bits per heavy atom. The van der Waals surface area contributed by atoms with Gasteiger partial charge >= 0.3 is 0 Å². The zero-order valence-corrected chi connectivity index (χ0v) is 11.4. The SMILES string of the molecule is CCCCCN(Cc1cnc(N)s1)C(C)C. The monoisotopic (exact) mass is 241 g/mol. The Morgan fingerprint density at radius 3 is 2.69 bits per heavy atom. The van der Waals surface area contributed by atoms with Crippen molar-refractivity contribution < 1.29 is 0 Å². The van der Waals surface area contributed by atoms with E-state index in [1.807, 2.05) is 6.20 Å². The van der Waals surface area contributed by atoms with Crippen molar-refractivity contribution >= 4 is 16.5 Å². The zero-order valence-electron chi connectivity index (χ0n) is 10.6. The van der Waals surface area contributed by atoms with Crippen molar-refractivity contribution in [1.82, 2.24) is 9.88 Å². The summed E-state index contributed by atoms with van der Waals surface area (Å²) in [7, 11) is 0. The molecule has 0 saturated heterocycles. The van der Waals surface area contributed by atoms with Gasteiger partial charge in [-0.1, -0.05) is 19.8 Å². The average molecular weight is 241 g/mol. The first-order valence-electron chi connectivity index (χ1n) is 6.07. The number of thiazole rings is 1. The standard InChI is InChI=1S/C12H23N3S/c1-4-5-6-7-15(10(2)3)9-11-8-14-12(13)16-11/h8,10H,4-7,9H2,1-3H3,(H2,13,14). The van der Waals surface area contributed by atoms with Gasteiger partial charge in [0, 0.05) is 23.7 Å². The van der Waals surface area contributed by atoms with E-state index >= 15 is 0 Å². The fraction of sp³-hybridized carbons (Fsp3) is 0.750. The molecule has 16 heavy (non-hydrogen) atoms. The number of aromatic nitrogens is 1. The van der Waals surface area contributed by atoms with Crippen LogP contribution in [0.15, 0.2) is 6.20 Å². The summed E-state index contributed by atoms with van der Waals surface area (Å²) in [5, 5.41) is 0.673. The number of hydrogen-bond donors (Lipinski definition) is 1. The molecule has 1 rings (SSSR count). The molecule has 0 atom stereocenters. The first-order valence-corrected chi connectivity index (χ1v) is 6.89. The molecular weight excluding hydrogens is 218 g/mol. The third-order valence-corrected chi connectivity index (χ3v) is 3.52. The second kappa shape index (κ2) is 6.86. The molecule has 0 aliphatic rings. The van der Waals surface area contributed by atoms with Crippen molar-refractivity contribution in [3.05, 3.63) is 11.1 Å². The van der Waals surface area contributed by atoms with Crippen LogP contribution in [0.3, 0.4) is 0 Å². The van der Waals surface area contributed by atoms with E-state index in [0.717, 1.165) is 6.54 Å². The summed E-state index contributed by atoms with van der Waals surface area (Å²) in [5.74, 6) is 0. The van der Waals surface area contributed by atoms with Crippen molar-refractivity contribution in [3.63, 3.8) is 0 Å². The van der Waals surface area contributed by atoms with Gasteiger partial charge in [0.15, 0.2) is 5.13 Å². The minimum Gasteiger partial charge on any atom is -0.375 e. The number of nitrogens with two attached hydrogens (primary N) is 1. The van der Waals surface area contributed by atoms with E-state index in [2.05, 4.69) is 30.7 Å². The molecule has 92 valence electrons. The number of nitrogen functional groups attached to an aromatic ring is 1. The zero-order chi connectivity index (χ0) is 12.0. The quantitative estimate of drug-likeness (QED) is 0.746. The summed E-state index contributed by atoms with van der Waals surface area (Å²) in [6.07, 6.45) is 5.77. The lowest BCUT2D eigenvalue weighted by Gasteiger charge is -2.25. The number of nitrogens with zero attached hydrogens (tertiary/aromatic N) is 2. The van der Waals surface area contributed by atoms with E-state index in [1.165, 1.54) is 30.7 Å². The van der Waals surface area contributed by atoms with Crippen molar-refractivity contribution in [1.29, 1.82) is 0 Å². The van der Waals surface area contributed by atoms with Crippen molar-refractivity contribution in [2.24, 2.45) is 0 Å². The van der Waals surface area contributed by atoms with E-state index in [-0.39, 0.29) is 0 Å². The van der Waals surface area contributed by atoms with Gasteiger partial charge < -0.3 is 5.73 Å². The van der Waals surface area contributed by atoms with Crippen LogP contribution in [0.4, 0.5) is 5.13 Å². The van der Waals surface area contributed by atoms with Crippen molar-refractivity contribution in [2.45, 2.75) is 52.6 Å². The Morgan fingerprint density at radius 2 is 2.19 bits per heavy atom. The molecule has 0 aromatic carbocycles. The Kier molecular flexibility index (Phi) is 5.77. The van der Waals surface area contributed by atoms with E-state index in [4.69, 9.17) is 5.73 Å². The molecule has 0 unspecified atom stereocenters. The molecule has 1 aromatic heterocycles. The van der Waals surface area contributed by atoms with Gasteiger partial charge in [0.1, 0.15) is 0 Å². The molecule has 0 aliphatic carbocycles. The van der Waals surface area contributed by atoms with Crippen LogP contribution < -0.4 is 5.73 Å². The van der Waals surface area contributed by atoms with Gasteiger partial charge in [0.2, 0.25) is 0 Å². The second-order valence-corrected chi connectivity index (χ2v) is 5.58. The highest BCUT2D eigenvalue weighted by atomic mass is 32.1. The first kappa shape index (κ1) is 13.5. The molecule has 4 heteroatoms. The lowest BCUT2D eigenvalue weighted by molar-refractivity contribution is 0.210. The van der Waals surface area contributed by atoms with Gasteiger partial charge in [0.25, 0.3) is 0 Å². The normalized spacial score (nSPS) is 11.6. The first-order chi connectivity index (χ1) is 7.63. The van der Waals surface area contributed by atoms with E-state index in [1.54, 1.807) is 11.3 Å². The maximum Gasteiger partial charge on any atom is 0.180 e.